The number of carbonyl (C=O) groups is 1. The molecule has 0 aliphatic rings. The Morgan fingerprint density at radius 3 is 2.86 bits per heavy atom. The summed E-state index contributed by atoms with van der Waals surface area (Å²) in [5.74, 6) is 0.102. The molecule has 0 radical (unpaired) electrons. The van der Waals surface area contributed by atoms with E-state index in [1.165, 1.54) is 18.9 Å². The molecule has 0 aliphatic heterocycles. The largest absolute Gasteiger partial charge is 0.465 e. The van der Waals surface area contributed by atoms with Crippen molar-refractivity contribution in [3.8, 4) is 0 Å². The van der Waals surface area contributed by atoms with E-state index < -0.39 is 5.97 Å². The maximum atomic E-state index is 12.7. The van der Waals surface area contributed by atoms with E-state index in [-0.39, 0.29) is 5.56 Å². The first-order valence-corrected chi connectivity index (χ1v) is 10.4. The summed E-state index contributed by atoms with van der Waals surface area (Å²) in [4.78, 5) is 35.8. The molecule has 28 heavy (non-hydrogen) atoms. The minimum absolute atomic E-state index is 0.0303. The van der Waals surface area contributed by atoms with Crippen LogP contribution >= 0.6 is 23.1 Å². The van der Waals surface area contributed by atoms with Crippen molar-refractivity contribution in [3.05, 3.63) is 56.6 Å². The Balaban J connectivity index is 1.67. The van der Waals surface area contributed by atoms with E-state index in [1.807, 2.05) is 26.2 Å². The molecule has 9 heteroatoms. The van der Waals surface area contributed by atoms with Crippen molar-refractivity contribution in [2.75, 3.05) is 7.11 Å². The maximum absolute atomic E-state index is 12.7. The molecule has 0 saturated carbocycles. The van der Waals surface area contributed by atoms with Crippen LogP contribution in [0.5, 0.6) is 0 Å². The number of aryl methyl sites for hydroxylation is 2. The number of hydrogen-bond donors (Lipinski definition) is 0. The van der Waals surface area contributed by atoms with Crippen LogP contribution in [0.3, 0.4) is 0 Å². The lowest BCUT2D eigenvalue weighted by atomic mass is 10.2. The highest BCUT2D eigenvalue weighted by Gasteiger charge is 2.17. The molecule has 0 N–H and O–H groups in total. The van der Waals surface area contributed by atoms with Crippen LogP contribution in [0.2, 0.25) is 0 Å². The molecule has 0 saturated heterocycles. The van der Waals surface area contributed by atoms with E-state index >= 15 is 0 Å². The topological polar surface area (TPSA) is 78.5 Å². The number of rotatable bonds is 4. The van der Waals surface area contributed by atoms with Gasteiger partial charge in [0.1, 0.15) is 10.4 Å². The van der Waals surface area contributed by atoms with Gasteiger partial charge in [0.25, 0.3) is 5.56 Å². The van der Waals surface area contributed by atoms with Gasteiger partial charge >= 0.3 is 5.97 Å². The number of esters is 1. The van der Waals surface area contributed by atoms with Crippen LogP contribution in [0.25, 0.3) is 15.9 Å². The lowest BCUT2D eigenvalue weighted by Crippen LogP contribution is -2.19. The fourth-order valence-electron chi connectivity index (χ4n) is 3.03. The average Bonchev–Trinajstić information content (AvgIpc) is 3.23. The number of thiophene rings is 1. The first kappa shape index (κ1) is 18.7. The summed E-state index contributed by atoms with van der Waals surface area (Å²) in [5.41, 5.74) is 2.72. The zero-order valence-electron chi connectivity index (χ0n) is 15.8. The normalized spacial score (nSPS) is 11.4. The molecule has 0 fully saturated rings. The smallest absolute Gasteiger partial charge is 0.341 e. The van der Waals surface area contributed by atoms with Gasteiger partial charge in [-0.1, -0.05) is 11.8 Å². The number of pyridine rings is 1. The number of carbonyl (C=O) groups excluding carboxylic acids is 1. The molecule has 4 aromatic heterocycles. The first-order chi connectivity index (χ1) is 13.4. The van der Waals surface area contributed by atoms with E-state index in [0.29, 0.717) is 27.5 Å². The Labute approximate surface area is 169 Å². The summed E-state index contributed by atoms with van der Waals surface area (Å²) in [6.07, 6.45) is 3.70. The van der Waals surface area contributed by atoms with E-state index in [9.17, 15) is 9.59 Å². The second kappa shape index (κ2) is 7.06. The molecule has 4 rings (SSSR count). The Kier molecular flexibility index (Phi) is 4.72. The van der Waals surface area contributed by atoms with E-state index in [1.54, 1.807) is 39.5 Å². The number of imidazole rings is 1. The van der Waals surface area contributed by atoms with E-state index in [4.69, 9.17) is 4.74 Å². The Morgan fingerprint density at radius 2 is 2.11 bits per heavy atom. The van der Waals surface area contributed by atoms with Gasteiger partial charge in [-0.25, -0.2) is 14.8 Å². The Bertz CT molecular complexity index is 1290. The minimum atomic E-state index is -0.423. The molecule has 0 aliphatic carbocycles. The summed E-state index contributed by atoms with van der Waals surface area (Å²) in [6, 6.07) is 3.46. The Hall–Kier alpha value is -2.65. The summed E-state index contributed by atoms with van der Waals surface area (Å²) in [5, 5.41) is 1.34. The molecular formula is C19H18N4O3S2. The third-order valence-electron chi connectivity index (χ3n) is 4.66. The zero-order valence-corrected chi connectivity index (χ0v) is 17.5. The van der Waals surface area contributed by atoms with Gasteiger partial charge in [0.2, 0.25) is 0 Å². The Morgan fingerprint density at radius 1 is 1.32 bits per heavy atom. The van der Waals surface area contributed by atoms with Crippen molar-refractivity contribution in [1.29, 1.82) is 0 Å². The molecule has 0 bridgehead atoms. The molecule has 0 atom stereocenters. The number of nitrogens with zero attached hydrogens (tertiary/aromatic N) is 4. The van der Waals surface area contributed by atoms with Crippen LogP contribution in [0.1, 0.15) is 26.5 Å². The molecule has 144 valence electrons. The monoisotopic (exact) mass is 414 g/mol. The van der Waals surface area contributed by atoms with Crippen molar-refractivity contribution in [1.82, 2.24) is 18.9 Å². The van der Waals surface area contributed by atoms with E-state index in [0.717, 1.165) is 21.0 Å². The molecule has 0 spiro atoms. The summed E-state index contributed by atoms with van der Waals surface area (Å²) < 4.78 is 8.20. The third kappa shape index (κ3) is 3.00. The van der Waals surface area contributed by atoms with E-state index in [2.05, 4.69) is 9.97 Å². The second-order valence-electron chi connectivity index (χ2n) is 6.39. The molecular weight excluding hydrogens is 396 g/mol. The lowest BCUT2D eigenvalue weighted by Gasteiger charge is -2.06. The first-order valence-electron chi connectivity index (χ1n) is 8.55. The highest BCUT2D eigenvalue weighted by Crippen LogP contribution is 2.29. The molecule has 0 unspecified atom stereocenters. The second-order valence-corrected chi connectivity index (χ2v) is 8.53. The number of thioether (sulfide) groups is 1. The molecule has 7 nitrogen and oxygen atoms in total. The van der Waals surface area contributed by atoms with Crippen molar-refractivity contribution in [2.45, 2.75) is 24.8 Å². The highest BCUT2D eigenvalue weighted by molar-refractivity contribution is 7.98. The van der Waals surface area contributed by atoms with Crippen LogP contribution < -0.4 is 5.56 Å². The van der Waals surface area contributed by atoms with Crippen LogP contribution in [0.4, 0.5) is 0 Å². The van der Waals surface area contributed by atoms with Crippen molar-refractivity contribution in [3.63, 3.8) is 0 Å². The predicted molar refractivity (Wildman–Crippen MR) is 110 cm³/mol. The quantitative estimate of drug-likeness (QED) is 0.290. The fourth-order valence-corrected chi connectivity index (χ4v) is 4.95. The minimum Gasteiger partial charge on any atom is -0.465 e. The third-order valence-corrected chi connectivity index (χ3v) is 6.82. The van der Waals surface area contributed by atoms with Crippen molar-refractivity contribution >= 4 is 44.9 Å². The number of hydrogen-bond acceptors (Lipinski definition) is 7. The number of methoxy groups -OCH3 is 1. The van der Waals surface area contributed by atoms with Gasteiger partial charge in [0.05, 0.1) is 18.2 Å². The van der Waals surface area contributed by atoms with Crippen molar-refractivity contribution < 1.29 is 9.53 Å². The average molecular weight is 415 g/mol. The van der Waals surface area contributed by atoms with Gasteiger partial charge in [0.15, 0.2) is 10.8 Å². The van der Waals surface area contributed by atoms with Gasteiger partial charge in [-0.05, 0) is 31.5 Å². The van der Waals surface area contributed by atoms with Crippen molar-refractivity contribution in [2.24, 2.45) is 7.05 Å². The number of fused-ring (bicyclic) bond motifs is 2. The number of aromatic nitrogens is 4. The van der Waals surface area contributed by atoms with Crippen LogP contribution in [-0.4, -0.2) is 32.0 Å². The molecule has 4 aromatic rings. The molecule has 0 aromatic carbocycles. The lowest BCUT2D eigenvalue weighted by molar-refractivity contribution is 0.0602. The predicted octanol–water partition coefficient (Wildman–Crippen LogP) is 3.34. The zero-order chi connectivity index (χ0) is 20.0. The van der Waals surface area contributed by atoms with Crippen LogP contribution in [0.15, 0.2) is 34.5 Å². The molecule has 0 amide bonds. The maximum Gasteiger partial charge on any atom is 0.341 e. The summed E-state index contributed by atoms with van der Waals surface area (Å²) in [7, 11) is 3.09. The fraction of sp³-hybridized carbons (Fsp3) is 0.263. The SMILES string of the molecule is COC(=O)c1cccn2cc(CSc3nc4sc(C)c(C)c4c(=O)n3C)nc12. The van der Waals surface area contributed by atoms with Crippen LogP contribution in [0, 0.1) is 13.8 Å². The summed E-state index contributed by atoms with van der Waals surface area (Å²) >= 11 is 2.99. The van der Waals surface area contributed by atoms with Gasteiger partial charge in [-0.15, -0.1) is 11.3 Å². The van der Waals surface area contributed by atoms with Gasteiger partial charge in [-0.3, -0.25) is 9.36 Å². The standard InChI is InChI=1S/C19H18N4O3S2/c1-10-11(2)28-16-14(10)17(24)22(3)19(21-16)27-9-12-8-23-7-5-6-13(15(23)20-12)18(25)26-4/h5-8H,9H2,1-4H3. The van der Waals surface area contributed by atoms with Gasteiger partial charge in [0, 0.05) is 30.1 Å². The van der Waals surface area contributed by atoms with Crippen LogP contribution in [-0.2, 0) is 17.5 Å². The summed E-state index contributed by atoms with van der Waals surface area (Å²) in [6.45, 7) is 3.96. The number of ether oxygens (including phenoxy) is 1. The molecule has 4 heterocycles. The van der Waals surface area contributed by atoms with Gasteiger partial charge < -0.3 is 9.14 Å². The van der Waals surface area contributed by atoms with Gasteiger partial charge in [-0.2, -0.15) is 0 Å². The highest BCUT2D eigenvalue weighted by atomic mass is 32.2.